The van der Waals surface area contributed by atoms with Crippen LogP contribution >= 0.6 is 0 Å². The van der Waals surface area contributed by atoms with E-state index in [9.17, 15) is 8.42 Å². The summed E-state index contributed by atoms with van der Waals surface area (Å²) < 4.78 is 22.2. The van der Waals surface area contributed by atoms with E-state index in [1.807, 2.05) is 25.9 Å². The summed E-state index contributed by atoms with van der Waals surface area (Å²) in [7, 11) is 0.111. The van der Waals surface area contributed by atoms with Crippen LogP contribution < -0.4 is 10.0 Å². The van der Waals surface area contributed by atoms with Crippen molar-refractivity contribution in [1.82, 2.24) is 0 Å². The van der Waals surface area contributed by atoms with Gasteiger partial charge in [0.05, 0.1) is 4.90 Å². The monoisotopic (exact) mass is 214 g/mol. The van der Waals surface area contributed by atoms with E-state index in [4.69, 9.17) is 5.14 Å². The van der Waals surface area contributed by atoms with E-state index >= 15 is 0 Å². The van der Waals surface area contributed by atoms with Gasteiger partial charge in [-0.1, -0.05) is 6.07 Å². The third-order valence-corrected chi connectivity index (χ3v) is 2.90. The Kier molecular flexibility index (Phi) is 2.82. The number of hydrogen-bond acceptors (Lipinski definition) is 3. The minimum Gasteiger partial charge on any atom is -0.377 e. The largest absolute Gasteiger partial charge is 0.377 e. The number of anilines is 1. The first-order valence-electron chi connectivity index (χ1n) is 4.13. The topological polar surface area (TPSA) is 63.4 Å². The van der Waals surface area contributed by atoms with Crippen molar-refractivity contribution in [2.24, 2.45) is 5.14 Å². The van der Waals surface area contributed by atoms with Crippen LogP contribution in [0.3, 0.4) is 0 Å². The normalized spacial score (nSPS) is 11.4. The molecule has 0 heterocycles. The molecule has 2 N–H and O–H groups in total. The first-order valence-corrected chi connectivity index (χ1v) is 5.68. The number of sulfonamides is 1. The Bertz CT molecular complexity index is 438. The van der Waals surface area contributed by atoms with E-state index in [2.05, 4.69) is 0 Å². The van der Waals surface area contributed by atoms with Crippen LogP contribution in [0.4, 0.5) is 5.69 Å². The molecule has 0 fully saturated rings. The molecule has 0 amide bonds. The molecule has 1 aromatic rings. The maximum atomic E-state index is 11.1. The van der Waals surface area contributed by atoms with E-state index in [0.29, 0.717) is 0 Å². The summed E-state index contributed by atoms with van der Waals surface area (Å²) >= 11 is 0. The van der Waals surface area contributed by atoms with Gasteiger partial charge in [-0.15, -0.1) is 0 Å². The Hall–Kier alpha value is -1.07. The van der Waals surface area contributed by atoms with E-state index in [1.165, 1.54) is 6.07 Å². The number of hydrogen-bond donors (Lipinski definition) is 1. The molecule has 1 rings (SSSR count). The number of nitrogens with zero attached hydrogens (tertiary/aromatic N) is 1. The minimum atomic E-state index is -3.60. The molecule has 0 aliphatic heterocycles. The molecule has 0 aliphatic carbocycles. The van der Waals surface area contributed by atoms with Crippen LogP contribution in [-0.4, -0.2) is 22.5 Å². The number of aryl methyl sites for hydroxylation is 1. The Morgan fingerprint density at radius 2 is 1.86 bits per heavy atom. The standard InChI is InChI=1S/C9H14N2O2S/c1-7-4-5-8(14(10,12)13)6-9(7)11(2)3/h4-6H,1-3H3,(H2,10,12,13). The van der Waals surface area contributed by atoms with Gasteiger partial charge in [0.15, 0.2) is 0 Å². The van der Waals surface area contributed by atoms with Crippen LogP contribution in [0.1, 0.15) is 5.56 Å². The van der Waals surface area contributed by atoms with Crippen LogP contribution in [0.5, 0.6) is 0 Å². The third-order valence-electron chi connectivity index (χ3n) is 1.99. The molecular formula is C9H14N2O2S. The average molecular weight is 214 g/mol. The lowest BCUT2D eigenvalue weighted by atomic mass is 10.2. The van der Waals surface area contributed by atoms with Crippen LogP contribution in [0.25, 0.3) is 0 Å². The van der Waals surface area contributed by atoms with Crippen molar-refractivity contribution in [3.63, 3.8) is 0 Å². The molecule has 14 heavy (non-hydrogen) atoms. The Labute approximate surface area is 84.4 Å². The summed E-state index contributed by atoms with van der Waals surface area (Å²) in [6.07, 6.45) is 0. The Morgan fingerprint density at radius 1 is 1.29 bits per heavy atom. The predicted molar refractivity (Wildman–Crippen MR) is 56.9 cm³/mol. The molecule has 0 spiro atoms. The lowest BCUT2D eigenvalue weighted by molar-refractivity contribution is 0.598. The van der Waals surface area contributed by atoms with Crippen LogP contribution in [-0.2, 0) is 10.0 Å². The second-order valence-electron chi connectivity index (χ2n) is 3.39. The third kappa shape index (κ3) is 2.24. The Balaban J connectivity index is 3.34. The van der Waals surface area contributed by atoms with Crippen LogP contribution in [0.15, 0.2) is 23.1 Å². The lowest BCUT2D eigenvalue weighted by Gasteiger charge is -2.16. The number of rotatable bonds is 2. The maximum absolute atomic E-state index is 11.1. The van der Waals surface area contributed by atoms with Gasteiger partial charge in [-0.25, -0.2) is 13.6 Å². The lowest BCUT2D eigenvalue weighted by Crippen LogP contribution is -2.15. The number of primary sulfonamides is 1. The first-order chi connectivity index (χ1) is 6.32. The van der Waals surface area contributed by atoms with E-state index in [-0.39, 0.29) is 4.90 Å². The molecule has 0 atom stereocenters. The van der Waals surface area contributed by atoms with Gasteiger partial charge in [0.2, 0.25) is 10.0 Å². The number of nitrogens with two attached hydrogens (primary N) is 1. The van der Waals surface area contributed by atoms with Crippen molar-refractivity contribution in [3.8, 4) is 0 Å². The molecule has 1 aromatic carbocycles. The van der Waals surface area contributed by atoms with Crippen molar-refractivity contribution < 1.29 is 8.42 Å². The summed E-state index contributed by atoms with van der Waals surface area (Å²) in [5.74, 6) is 0. The van der Waals surface area contributed by atoms with E-state index < -0.39 is 10.0 Å². The summed E-state index contributed by atoms with van der Waals surface area (Å²) in [5, 5.41) is 5.03. The Morgan fingerprint density at radius 3 is 2.29 bits per heavy atom. The van der Waals surface area contributed by atoms with Crippen LogP contribution in [0, 0.1) is 6.92 Å². The second kappa shape index (κ2) is 3.59. The zero-order valence-electron chi connectivity index (χ0n) is 8.48. The highest BCUT2D eigenvalue weighted by Gasteiger charge is 2.10. The van der Waals surface area contributed by atoms with Gasteiger partial charge in [-0.3, -0.25) is 0 Å². The van der Waals surface area contributed by atoms with Crippen LogP contribution in [0.2, 0.25) is 0 Å². The molecule has 78 valence electrons. The summed E-state index contributed by atoms with van der Waals surface area (Å²) in [4.78, 5) is 2.00. The highest BCUT2D eigenvalue weighted by atomic mass is 32.2. The highest BCUT2D eigenvalue weighted by molar-refractivity contribution is 7.89. The fraction of sp³-hybridized carbons (Fsp3) is 0.333. The van der Waals surface area contributed by atoms with Crippen molar-refractivity contribution in [3.05, 3.63) is 23.8 Å². The van der Waals surface area contributed by atoms with E-state index in [0.717, 1.165) is 11.3 Å². The quantitative estimate of drug-likeness (QED) is 0.788. The van der Waals surface area contributed by atoms with Crippen molar-refractivity contribution >= 4 is 15.7 Å². The molecule has 0 unspecified atom stereocenters. The van der Waals surface area contributed by atoms with Gasteiger partial charge in [-0.05, 0) is 24.6 Å². The molecule has 0 bridgehead atoms. The first kappa shape index (κ1) is 11.0. The molecule has 0 aromatic heterocycles. The maximum Gasteiger partial charge on any atom is 0.238 e. The molecule has 0 saturated heterocycles. The van der Waals surface area contributed by atoms with Gasteiger partial charge in [0.1, 0.15) is 0 Å². The SMILES string of the molecule is Cc1ccc(S(N)(=O)=O)cc1N(C)C. The fourth-order valence-electron chi connectivity index (χ4n) is 1.25. The molecular weight excluding hydrogens is 200 g/mol. The number of benzene rings is 1. The minimum absolute atomic E-state index is 0.145. The molecule has 0 radical (unpaired) electrons. The zero-order chi connectivity index (χ0) is 10.9. The van der Waals surface area contributed by atoms with Gasteiger partial charge < -0.3 is 4.90 Å². The average Bonchev–Trinajstić information content (AvgIpc) is 2.02. The summed E-state index contributed by atoms with van der Waals surface area (Å²) in [6, 6.07) is 4.83. The summed E-state index contributed by atoms with van der Waals surface area (Å²) in [5.41, 5.74) is 1.87. The molecule has 4 nitrogen and oxygen atoms in total. The van der Waals surface area contributed by atoms with Gasteiger partial charge in [0, 0.05) is 19.8 Å². The van der Waals surface area contributed by atoms with Gasteiger partial charge in [-0.2, -0.15) is 0 Å². The summed E-state index contributed by atoms with van der Waals surface area (Å²) in [6.45, 7) is 1.92. The van der Waals surface area contributed by atoms with Crippen molar-refractivity contribution in [2.75, 3.05) is 19.0 Å². The smallest absolute Gasteiger partial charge is 0.238 e. The second-order valence-corrected chi connectivity index (χ2v) is 4.95. The highest BCUT2D eigenvalue weighted by Crippen LogP contribution is 2.21. The van der Waals surface area contributed by atoms with Gasteiger partial charge >= 0.3 is 0 Å². The van der Waals surface area contributed by atoms with E-state index in [1.54, 1.807) is 12.1 Å². The zero-order valence-corrected chi connectivity index (χ0v) is 9.30. The molecule has 0 aliphatic rings. The van der Waals surface area contributed by atoms with Crippen molar-refractivity contribution in [1.29, 1.82) is 0 Å². The van der Waals surface area contributed by atoms with Gasteiger partial charge in [0.25, 0.3) is 0 Å². The fourth-order valence-corrected chi connectivity index (χ4v) is 1.78. The molecule has 5 heteroatoms. The molecule has 0 saturated carbocycles. The predicted octanol–water partition coefficient (Wildman–Crippen LogP) is 0.708. The van der Waals surface area contributed by atoms with Crippen molar-refractivity contribution in [2.45, 2.75) is 11.8 Å².